The quantitative estimate of drug-likeness (QED) is 0.694. The third-order valence-electron chi connectivity index (χ3n) is 3.70. The lowest BCUT2D eigenvalue weighted by Crippen LogP contribution is -2.50. The van der Waals surface area contributed by atoms with Crippen LogP contribution < -0.4 is 5.32 Å². The van der Waals surface area contributed by atoms with E-state index in [9.17, 15) is 13.6 Å². The molecule has 1 aliphatic rings. The molecule has 1 fully saturated rings. The molecule has 4 nitrogen and oxygen atoms in total. The van der Waals surface area contributed by atoms with E-state index in [0.29, 0.717) is 12.3 Å². The Morgan fingerprint density at radius 1 is 1.45 bits per heavy atom. The molecular weight excluding hydrogens is 266 g/mol. The van der Waals surface area contributed by atoms with E-state index in [4.69, 9.17) is 0 Å². The van der Waals surface area contributed by atoms with Gasteiger partial charge in [0, 0.05) is 25.6 Å². The smallest absolute Gasteiger partial charge is 0.305 e. The van der Waals surface area contributed by atoms with Gasteiger partial charge in [-0.1, -0.05) is 6.92 Å². The molecule has 0 aliphatic carbocycles. The second-order valence-corrected chi connectivity index (χ2v) is 5.47. The Hall–Kier alpha value is -0.750. The van der Waals surface area contributed by atoms with Gasteiger partial charge in [-0.25, -0.2) is 8.78 Å². The minimum absolute atomic E-state index is 0.0898. The highest BCUT2D eigenvalue weighted by molar-refractivity contribution is 5.69. The monoisotopic (exact) mass is 292 g/mol. The number of hydrogen-bond acceptors (Lipinski definition) is 4. The average molecular weight is 292 g/mol. The summed E-state index contributed by atoms with van der Waals surface area (Å²) in [5, 5.41) is 2.93. The van der Waals surface area contributed by atoms with Crippen LogP contribution in [0.25, 0.3) is 0 Å². The minimum atomic E-state index is -2.31. The first-order chi connectivity index (χ1) is 9.55. The van der Waals surface area contributed by atoms with Gasteiger partial charge in [0.15, 0.2) is 0 Å². The molecule has 1 saturated heterocycles. The number of alkyl halides is 2. The molecule has 1 aliphatic heterocycles. The first kappa shape index (κ1) is 17.3. The van der Waals surface area contributed by atoms with E-state index in [2.05, 4.69) is 21.9 Å². The molecule has 1 heterocycles. The summed E-state index contributed by atoms with van der Waals surface area (Å²) in [6.07, 6.45) is 0.752. The maximum atomic E-state index is 12.3. The van der Waals surface area contributed by atoms with Crippen molar-refractivity contribution in [3.05, 3.63) is 0 Å². The molecule has 0 amide bonds. The van der Waals surface area contributed by atoms with Crippen LogP contribution in [-0.2, 0) is 9.53 Å². The van der Waals surface area contributed by atoms with Crippen molar-refractivity contribution in [1.29, 1.82) is 0 Å². The first-order valence-corrected chi connectivity index (χ1v) is 7.35. The number of hydrogen-bond donors (Lipinski definition) is 1. The summed E-state index contributed by atoms with van der Waals surface area (Å²) in [4.78, 5) is 13.5. The van der Waals surface area contributed by atoms with Crippen molar-refractivity contribution in [3.8, 4) is 0 Å². The second-order valence-electron chi connectivity index (χ2n) is 5.47. The van der Waals surface area contributed by atoms with E-state index >= 15 is 0 Å². The topological polar surface area (TPSA) is 41.6 Å². The van der Waals surface area contributed by atoms with Crippen molar-refractivity contribution >= 4 is 5.97 Å². The van der Waals surface area contributed by atoms with Crippen LogP contribution in [-0.4, -0.2) is 56.6 Å². The summed E-state index contributed by atoms with van der Waals surface area (Å²) in [7, 11) is 1.39. The zero-order valence-electron chi connectivity index (χ0n) is 12.4. The third-order valence-corrected chi connectivity index (χ3v) is 3.70. The van der Waals surface area contributed by atoms with Gasteiger partial charge in [0.1, 0.15) is 0 Å². The van der Waals surface area contributed by atoms with Gasteiger partial charge < -0.3 is 15.0 Å². The third kappa shape index (κ3) is 6.61. The maximum absolute atomic E-state index is 12.3. The van der Waals surface area contributed by atoms with Gasteiger partial charge in [-0.05, 0) is 31.7 Å². The molecule has 1 N–H and O–H groups in total. The van der Waals surface area contributed by atoms with Crippen molar-refractivity contribution in [3.63, 3.8) is 0 Å². The Kier molecular flexibility index (Phi) is 7.99. The molecular formula is C14H26F2N2O2. The van der Waals surface area contributed by atoms with Gasteiger partial charge in [0.25, 0.3) is 6.43 Å². The van der Waals surface area contributed by atoms with Crippen LogP contribution >= 0.6 is 0 Å². The summed E-state index contributed by atoms with van der Waals surface area (Å²) < 4.78 is 29.2. The summed E-state index contributed by atoms with van der Waals surface area (Å²) in [5.74, 6) is 0.166. The summed E-state index contributed by atoms with van der Waals surface area (Å²) in [5.41, 5.74) is 0. The molecule has 6 heteroatoms. The standard InChI is InChI=1S/C14H26F2N2O2/c1-3-6-18-9-11(4-5-14(19)20-2)7-12(10-18)17-8-13(15)16/h11-13,17H,3-10H2,1-2H3. The lowest BCUT2D eigenvalue weighted by molar-refractivity contribution is -0.141. The lowest BCUT2D eigenvalue weighted by atomic mass is 9.90. The molecule has 118 valence electrons. The van der Waals surface area contributed by atoms with Crippen molar-refractivity contribution in [1.82, 2.24) is 10.2 Å². The fourth-order valence-corrected chi connectivity index (χ4v) is 2.84. The number of carbonyl (C=O) groups is 1. The first-order valence-electron chi connectivity index (χ1n) is 7.35. The van der Waals surface area contributed by atoms with E-state index in [1.54, 1.807) is 0 Å². The Bertz CT molecular complexity index is 290. The van der Waals surface area contributed by atoms with Gasteiger partial charge in [-0.2, -0.15) is 0 Å². The van der Waals surface area contributed by atoms with Crippen LogP contribution in [0.5, 0.6) is 0 Å². The SMILES string of the molecule is CCCN1CC(CCC(=O)OC)CC(NCC(F)F)C1. The number of nitrogens with zero attached hydrogens (tertiary/aromatic N) is 1. The van der Waals surface area contributed by atoms with E-state index in [1.165, 1.54) is 7.11 Å². The van der Waals surface area contributed by atoms with E-state index in [-0.39, 0.29) is 18.6 Å². The van der Waals surface area contributed by atoms with Gasteiger partial charge in [-0.3, -0.25) is 4.79 Å². The van der Waals surface area contributed by atoms with Crippen LogP contribution in [0.4, 0.5) is 8.78 Å². The van der Waals surface area contributed by atoms with Crippen LogP contribution in [0.3, 0.4) is 0 Å². The highest BCUT2D eigenvalue weighted by Gasteiger charge is 2.27. The van der Waals surface area contributed by atoms with Crippen molar-refractivity contribution < 1.29 is 18.3 Å². The van der Waals surface area contributed by atoms with E-state index < -0.39 is 6.43 Å². The largest absolute Gasteiger partial charge is 0.469 e. The number of methoxy groups -OCH3 is 1. The molecule has 2 unspecified atom stereocenters. The van der Waals surface area contributed by atoms with Crippen molar-refractivity contribution in [2.24, 2.45) is 5.92 Å². The summed E-state index contributed by atoms with van der Waals surface area (Å²) in [6.45, 7) is 4.59. The number of ether oxygens (including phenoxy) is 1. The number of halogens is 2. The number of carbonyl (C=O) groups excluding carboxylic acids is 1. The molecule has 20 heavy (non-hydrogen) atoms. The summed E-state index contributed by atoms with van der Waals surface area (Å²) in [6, 6.07) is 0.0898. The normalized spacial score (nSPS) is 24.1. The molecule has 0 spiro atoms. The highest BCUT2D eigenvalue weighted by atomic mass is 19.3. The number of rotatable bonds is 8. The highest BCUT2D eigenvalue weighted by Crippen LogP contribution is 2.22. The molecule has 0 bridgehead atoms. The van der Waals surface area contributed by atoms with Crippen LogP contribution in [0.1, 0.15) is 32.6 Å². The van der Waals surface area contributed by atoms with E-state index in [1.807, 2.05) is 0 Å². The predicted molar refractivity (Wildman–Crippen MR) is 73.9 cm³/mol. The molecule has 0 aromatic carbocycles. The zero-order valence-corrected chi connectivity index (χ0v) is 12.4. The van der Waals surface area contributed by atoms with Crippen LogP contribution in [0.15, 0.2) is 0 Å². The molecule has 0 aromatic rings. The Labute approximate surface area is 119 Å². The Balaban J connectivity index is 2.44. The second kappa shape index (κ2) is 9.23. The maximum Gasteiger partial charge on any atom is 0.305 e. The van der Waals surface area contributed by atoms with E-state index in [0.717, 1.165) is 38.9 Å². The molecule has 0 saturated carbocycles. The van der Waals surface area contributed by atoms with Crippen LogP contribution in [0.2, 0.25) is 0 Å². The lowest BCUT2D eigenvalue weighted by Gasteiger charge is -2.38. The van der Waals surface area contributed by atoms with Crippen molar-refractivity contribution in [2.45, 2.75) is 45.1 Å². The Morgan fingerprint density at radius 2 is 2.20 bits per heavy atom. The van der Waals surface area contributed by atoms with Gasteiger partial charge in [-0.15, -0.1) is 0 Å². The molecule has 2 atom stereocenters. The number of likely N-dealkylation sites (tertiary alicyclic amines) is 1. The number of piperidine rings is 1. The Morgan fingerprint density at radius 3 is 2.80 bits per heavy atom. The molecule has 1 rings (SSSR count). The predicted octanol–water partition coefficient (Wildman–Crippen LogP) is 1.89. The molecule has 0 aromatic heterocycles. The minimum Gasteiger partial charge on any atom is -0.469 e. The average Bonchev–Trinajstić information content (AvgIpc) is 2.42. The fourth-order valence-electron chi connectivity index (χ4n) is 2.84. The number of esters is 1. The molecule has 0 radical (unpaired) electrons. The van der Waals surface area contributed by atoms with Crippen LogP contribution in [0, 0.1) is 5.92 Å². The van der Waals surface area contributed by atoms with Crippen molar-refractivity contribution in [2.75, 3.05) is 33.3 Å². The van der Waals surface area contributed by atoms with Gasteiger partial charge in [0.2, 0.25) is 0 Å². The summed E-state index contributed by atoms with van der Waals surface area (Å²) >= 11 is 0. The van der Waals surface area contributed by atoms with Gasteiger partial charge in [0.05, 0.1) is 13.7 Å². The number of nitrogens with one attached hydrogen (secondary N) is 1. The van der Waals surface area contributed by atoms with Gasteiger partial charge >= 0.3 is 5.97 Å². The fraction of sp³-hybridized carbons (Fsp3) is 0.929. The zero-order chi connectivity index (χ0) is 15.0.